The molecule has 0 aromatic heterocycles. The van der Waals surface area contributed by atoms with Crippen molar-refractivity contribution in [2.24, 2.45) is 0 Å². The molecular weight excluding hydrogens is 322 g/mol. The van der Waals surface area contributed by atoms with Gasteiger partial charge < -0.3 is 19.9 Å². The van der Waals surface area contributed by atoms with Gasteiger partial charge in [-0.25, -0.2) is 4.79 Å². The summed E-state index contributed by atoms with van der Waals surface area (Å²) in [4.78, 5) is 24.1. The summed E-state index contributed by atoms with van der Waals surface area (Å²) in [6.45, 7) is 1.75. The van der Waals surface area contributed by atoms with E-state index in [2.05, 4.69) is 5.32 Å². The first kappa shape index (κ1) is 18.3. The lowest BCUT2D eigenvalue weighted by molar-refractivity contribution is -0.139. The molecule has 0 spiro atoms. The van der Waals surface area contributed by atoms with Gasteiger partial charge >= 0.3 is 5.97 Å². The van der Waals surface area contributed by atoms with Crippen LogP contribution in [0.2, 0.25) is 0 Å². The van der Waals surface area contributed by atoms with Crippen molar-refractivity contribution in [1.82, 2.24) is 5.32 Å². The number of aliphatic carboxylic acids is 1. The molecule has 0 fully saturated rings. The van der Waals surface area contributed by atoms with E-state index in [0.29, 0.717) is 22.6 Å². The van der Waals surface area contributed by atoms with Crippen molar-refractivity contribution in [3.63, 3.8) is 0 Å². The molecule has 1 atom stereocenters. The molecule has 0 aliphatic rings. The second kappa shape index (κ2) is 8.19. The van der Waals surface area contributed by atoms with Gasteiger partial charge in [-0.2, -0.15) is 0 Å². The van der Waals surface area contributed by atoms with Gasteiger partial charge in [0.1, 0.15) is 6.04 Å². The van der Waals surface area contributed by atoms with Crippen LogP contribution in [0.3, 0.4) is 0 Å². The topological polar surface area (TPSA) is 84.9 Å². The minimum atomic E-state index is -1.09. The van der Waals surface area contributed by atoms with E-state index < -0.39 is 17.9 Å². The molecule has 0 radical (unpaired) electrons. The predicted molar refractivity (Wildman–Crippen MR) is 93.3 cm³/mol. The van der Waals surface area contributed by atoms with Crippen LogP contribution in [-0.4, -0.2) is 37.2 Å². The van der Waals surface area contributed by atoms with Gasteiger partial charge in [-0.15, -0.1) is 0 Å². The fourth-order valence-corrected chi connectivity index (χ4v) is 2.51. The maximum atomic E-state index is 12.6. The largest absolute Gasteiger partial charge is 0.493 e. The SMILES string of the molecule is COc1cc(C)c(C(=O)NC(Cc2ccccc2)C(=O)O)cc1OC. The van der Waals surface area contributed by atoms with E-state index >= 15 is 0 Å². The first-order chi connectivity index (χ1) is 12.0. The number of carboxylic acids is 1. The van der Waals surface area contributed by atoms with Crippen LogP contribution in [0.15, 0.2) is 42.5 Å². The lowest BCUT2D eigenvalue weighted by Gasteiger charge is -2.17. The van der Waals surface area contributed by atoms with E-state index in [1.54, 1.807) is 19.1 Å². The third-order valence-electron chi connectivity index (χ3n) is 3.86. The molecule has 0 saturated heterocycles. The average Bonchev–Trinajstić information content (AvgIpc) is 2.61. The van der Waals surface area contributed by atoms with Gasteiger partial charge in [0, 0.05) is 12.0 Å². The zero-order valence-corrected chi connectivity index (χ0v) is 14.4. The lowest BCUT2D eigenvalue weighted by atomic mass is 10.0. The van der Waals surface area contributed by atoms with Gasteiger partial charge in [0.05, 0.1) is 14.2 Å². The molecule has 2 aromatic carbocycles. The summed E-state index contributed by atoms with van der Waals surface area (Å²) >= 11 is 0. The molecule has 0 aliphatic carbocycles. The molecule has 2 rings (SSSR count). The Hall–Kier alpha value is -3.02. The summed E-state index contributed by atoms with van der Waals surface area (Å²) in [7, 11) is 2.99. The Morgan fingerprint density at radius 1 is 1.08 bits per heavy atom. The van der Waals surface area contributed by atoms with Crippen LogP contribution < -0.4 is 14.8 Å². The minimum Gasteiger partial charge on any atom is -0.493 e. The Morgan fingerprint density at radius 3 is 2.24 bits per heavy atom. The molecule has 25 heavy (non-hydrogen) atoms. The molecule has 0 bridgehead atoms. The second-order valence-electron chi connectivity index (χ2n) is 5.58. The van der Waals surface area contributed by atoms with Gasteiger partial charge in [0.25, 0.3) is 5.91 Å². The number of rotatable bonds is 7. The summed E-state index contributed by atoms with van der Waals surface area (Å²) in [5.74, 6) is -0.638. The number of amides is 1. The quantitative estimate of drug-likeness (QED) is 0.806. The third-order valence-corrected chi connectivity index (χ3v) is 3.86. The second-order valence-corrected chi connectivity index (χ2v) is 5.58. The number of nitrogens with one attached hydrogen (secondary N) is 1. The monoisotopic (exact) mass is 343 g/mol. The standard InChI is InChI=1S/C19H21NO5/c1-12-9-16(24-2)17(25-3)11-14(12)18(21)20-15(19(22)23)10-13-7-5-4-6-8-13/h4-9,11,15H,10H2,1-3H3,(H,20,21)(H,22,23). The molecule has 6 nitrogen and oxygen atoms in total. The van der Waals surface area contributed by atoms with Crippen LogP contribution in [0.4, 0.5) is 0 Å². The Bertz CT molecular complexity index is 758. The summed E-state index contributed by atoms with van der Waals surface area (Å²) in [5.41, 5.74) is 1.84. The first-order valence-electron chi connectivity index (χ1n) is 7.76. The number of carbonyl (C=O) groups is 2. The molecule has 6 heteroatoms. The van der Waals surface area contributed by atoms with Gasteiger partial charge in [-0.1, -0.05) is 30.3 Å². The number of benzene rings is 2. The number of hydrogen-bond acceptors (Lipinski definition) is 4. The normalized spacial score (nSPS) is 11.5. The molecule has 2 aromatic rings. The van der Waals surface area contributed by atoms with E-state index in [9.17, 15) is 14.7 Å². The molecule has 0 aliphatic heterocycles. The Balaban J connectivity index is 2.22. The molecule has 0 heterocycles. The number of methoxy groups -OCH3 is 2. The van der Waals surface area contributed by atoms with E-state index in [4.69, 9.17) is 9.47 Å². The first-order valence-corrected chi connectivity index (χ1v) is 7.76. The van der Waals surface area contributed by atoms with Crippen molar-refractivity contribution >= 4 is 11.9 Å². The number of carboxylic acid groups (broad SMARTS) is 1. The fourth-order valence-electron chi connectivity index (χ4n) is 2.51. The summed E-state index contributed by atoms with van der Waals surface area (Å²) in [5, 5.41) is 12.0. The number of ether oxygens (including phenoxy) is 2. The van der Waals surface area contributed by atoms with Crippen LogP contribution in [0, 0.1) is 6.92 Å². The molecule has 2 N–H and O–H groups in total. The fraction of sp³-hybridized carbons (Fsp3) is 0.263. The summed E-state index contributed by atoms with van der Waals surface area (Å²) < 4.78 is 10.4. The molecular formula is C19H21NO5. The lowest BCUT2D eigenvalue weighted by Crippen LogP contribution is -2.42. The van der Waals surface area contributed by atoms with Gasteiger partial charge in [0.15, 0.2) is 11.5 Å². The maximum absolute atomic E-state index is 12.6. The van der Waals surface area contributed by atoms with Crippen LogP contribution in [0.5, 0.6) is 11.5 Å². The zero-order chi connectivity index (χ0) is 18.4. The highest BCUT2D eigenvalue weighted by Crippen LogP contribution is 2.30. The molecule has 132 valence electrons. The van der Waals surface area contributed by atoms with Gasteiger partial charge in [-0.3, -0.25) is 4.79 Å². The van der Waals surface area contributed by atoms with E-state index in [1.807, 2.05) is 30.3 Å². The Kier molecular flexibility index (Phi) is 6.00. The van der Waals surface area contributed by atoms with Crippen molar-refractivity contribution in [2.75, 3.05) is 14.2 Å². The predicted octanol–water partition coefficient (Wildman–Crippen LogP) is 2.44. The van der Waals surface area contributed by atoms with E-state index in [0.717, 1.165) is 5.56 Å². The van der Waals surface area contributed by atoms with Crippen molar-refractivity contribution < 1.29 is 24.2 Å². The zero-order valence-electron chi connectivity index (χ0n) is 14.4. The van der Waals surface area contributed by atoms with Crippen molar-refractivity contribution in [3.05, 3.63) is 59.2 Å². The molecule has 1 unspecified atom stereocenters. The van der Waals surface area contributed by atoms with Crippen LogP contribution in [-0.2, 0) is 11.2 Å². The van der Waals surface area contributed by atoms with E-state index in [-0.39, 0.29) is 6.42 Å². The maximum Gasteiger partial charge on any atom is 0.326 e. The van der Waals surface area contributed by atoms with Crippen molar-refractivity contribution in [1.29, 1.82) is 0 Å². The average molecular weight is 343 g/mol. The van der Waals surface area contributed by atoms with Gasteiger partial charge in [0.2, 0.25) is 0 Å². The Labute approximate surface area is 146 Å². The number of hydrogen-bond donors (Lipinski definition) is 2. The minimum absolute atomic E-state index is 0.203. The van der Waals surface area contributed by atoms with Crippen LogP contribution in [0.25, 0.3) is 0 Å². The number of carbonyl (C=O) groups excluding carboxylic acids is 1. The number of aryl methyl sites for hydroxylation is 1. The third kappa shape index (κ3) is 4.50. The Morgan fingerprint density at radius 2 is 1.68 bits per heavy atom. The smallest absolute Gasteiger partial charge is 0.326 e. The molecule has 1 amide bonds. The van der Waals surface area contributed by atoms with Gasteiger partial charge in [-0.05, 0) is 30.2 Å². The highest BCUT2D eigenvalue weighted by atomic mass is 16.5. The highest BCUT2D eigenvalue weighted by molar-refractivity contribution is 5.98. The molecule has 0 saturated carbocycles. The summed E-state index contributed by atoms with van der Waals surface area (Å²) in [6.07, 6.45) is 0.203. The van der Waals surface area contributed by atoms with Crippen LogP contribution >= 0.6 is 0 Å². The highest BCUT2D eigenvalue weighted by Gasteiger charge is 2.23. The van der Waals surface area contributed by atoms with Crippen molar-refractivity contribution in [2.45, 2.75) is 19.4 Å². The van der Waals surface area contributed by atoms with Crippen molar-refractivity contribution in [3.8, 4) is 11.5 Å². The summed E-state index contributed by atoms with van der Waals surface area (Å²) in [6, 6.07) is 11.4. The van der Waals surface area contributed by atoms with Crippen LogP contribution in [0.1, 0.15) is 21.5 Å². The van der Waals surface area contributed by atoms with E-state index in [1.165, 1.54) is 14.2 Å².